The Morgan fingerprint density at radius 1 is 1.24 bits per heavy atom. The monoisotopic (exact) mass is 343 g/mol. The van der Waals surface area contributed by atoms with Crippen LogP contribution < -0.4 is 10.9 Å². The van der Waals surface area contributed by atoms with E-state index in [1.54, 1.807) is 18.2 Å². The van der Waals surface area contributed by atoms with Crippen LogP contribution in [-0.4, -0.2) is 33.7 Å². The van der Waals surface area contributed by atoms with Gasteiger partial charge < -0.3 is 10.4 Å². The molecule has 0 unspecified atom stereocenters. The highest BCUT2D eigenvalue weighted by Crippen LogP contribution is 2.38. The van der Waals surface area contributed by atoms with Gasteiger partial charge in [-0.25, -0.2) is 4.98 Å². The van der Waals surface area contributed by atoms with Crippen LogP contribution in [0.25, 0.3) is 10.9 Å². The number of nitrogens with zero attached hydrogens (tertiary/aromatic N) is 2. The van der Waals surface area contributed by atoms with Gasteiger partial charge in [0.05, 0.1) is 17.2 Å². The van der Waals surface area contributed by atoms with Crippen molar-refractivity contribution in [1.29, 1.82) is 0 Å². The fraction of sp³-hybridized carbons (Fsp3) is 0.526. The number of hydrogen-bond acceptors (Lipinski definition) is 4. The van der Waals surface area contributed by atoms with E-state index in [0.717, 1.165) is 25.7 Å². The van der Waals surface area contributed by atoms with E-state index in [2.05, 4.69) is 10.3 Å². The molecule has 0 atom stereocenters. The standard InChI is InChI=1S/C19H25N3O3/c23-11-10-19(8-4-1-5-9-19)13-20-17(24)12-22-14-21-16-7-3-2-6-15(16)18(22)25/h2-3,6-7,14,23H,1,4-5,8-13H2,(H,20,24). The summed E-state index contributed by atoms with van der Waals surface area (Å²) >= 11 is 0. The number of amides is 1. The molecule has 1 fully saturated rings. The highest BCUT2D eigenvalue weighted by molar-refractivity contribution is 5.78. The number of carbonyl (C=O) groups excluding carboxylic acids is 1. The summed E-state index contributed by atoms with van der Waals surface area (Å²) in [5.74, 6) is -0.193. The van der Waals surface area contributed by atoms with Gasteiger partial charge in [0.1, 0.15) is 6.54 Å². The van der Waals surface area contributed by atoms with E-state index in [-0.39, 0.29) is 30.0 Å². The molecule has 1 saturated carbocycles. The second-order valence-electron chi connectivity index (χ2n) is 7.01. The fourth-order valence-electron chi connectivity index (χ4n) is 3.77. The van der Waals surface area contributed by atoms with Gasteiger partial charge >= 0.3 is 0 Å². The van der Waals surface area contributed by atoms with E-state index in [9.17, 15) is 14.7 Å². The number of aliphatic hydroxyl groups is 1. The molecule has 1 aliphatic carbocycles. The number of benzene rings is 1. The molecular formula is C19H25N3O3. The number of nitrogens with one attached hydrogen (secondary N) is 1. The van der Waals surface area contributed by atoms with Crippen LogP contribution >= 0.6 is 0 Å². The molecule has 1 amide bonds. The van der Waals surface area contributed by atoms with Crippen LogP contribution in [0.4, 0.5) is 0 Å². The average Bonchev–Trinajstić information content (AvgIpc) is 2.64. The maximum Gasteiger partial charge on any atom is 0.261 e. The number of aromatic nitrogens is 2. The fourth-order valence-corrected chi connectivity index (χ4v) is 3.77. The normalized spacial score (nSPS) is 16.7. The van der Waals surface area contributed by atoms with Gasteiger partial charge in [-0.1, -0.05) is 31.4 Å². The minimum atomic E-state index is -0.205. The lowest BCUT2D eigenvalue weighted by molar-refractivity contribution is -0.122. The van der Waals surface area contributed by atoms with Crippen LogP contribution in [0.15, 0.2) is 35.4 Å². The molecule has 134 valence electrons. The topological polar surface area (TPSA) is 84.2 Å². The Bertz CT molecular complexity index is 788. The summed E-state index contributed by atoms with van der Waals surface area (Å²) in [4.78, 5) is 29.0. The molecule has 0 radical (unpaired) electrons. The average molecular weight is 343 g/mol. The summed E-state index contributed by atoms with van der Waals surface area (Å²) in [6.45, 7) is 0.665. The zero-order valence-corrected chi connectivity index (χ0v) is 14.4. The molecular weight excluding hydrogens is 318 g/mol. The van der Waals surface area contributed by atoms with Crippen LogP contribution in [0.5, 0.6) is 0 Å². The molecule has 3 rings (SSSR count). The number of hydrogen-bond donors (Lipinski definition) is 2. The van der Waals surface area contributed by atoms with E-state index in [1.165, 1.54) is 17.3 Å². The van der Waals surface area contributed by atoms with E-state index in [4.69, 9.17) is 0 Å². The molecule has 0 aliphatic heterocycles. The van der Waals surface area contributed by atoms with Gasteiger partial charge in [0.15, 0.2) is 0 Å². The van der Waals surface area contributed by atoms with E-state index >= 15 is 0 Å². The van der Waals surface area contributed by atoms with E-state index < -0.39 is 0 Å². The maximum atomic E-state index is 12.4. The molecule has 6 heteroatoms. The van der Waals surface area contributed by atoms with Crippen molar-refractivity contribution in [3.05, 3.63) is 40.9 Å². The van der Waals surface area contributed by atoms with Crippen molar-refractivity contribution < 1.29 is 9.90 Å². The predicted molar refractivity (Wildman–Crippen MR) is 96.2 cm³/mol. The maximum absolute atomic E-state index is 12.4. The molecule has 1 heterocycles. The first-order chi connectivity index (χ1) is 12.1. The minimum Gasteiger partial charge on any atom is -0.396 e. The van der Waals surface area contributed by atoms with Gasteiger partial charge in [-0.2, -0.15) is 0 Å². The van der Waals surface area contributed by atoms with E-state index in [0.29, 0.717) is 23.9 Å². The molecule has 1 aliphatic rings. The lowest BCUT2D eigenvalue weighted by Gasteiger charge is -2.37. The van der Waals surface area contributed by atoms with Crippen molar-refractivity contribution in [3.8, 4) is 0 Å². The number of rotatable bonds is 6. The third-order valence-corrected chi connectivity index (χ3v) is 5.26. The lowest BCUT2D eigenvalue weighted by Crippen LogP contribution is -2.41. The van der Waals surface area contributed by atoms with Crippen LogP contribution in [0.2, 0.25) is 0 Å². The minimum absolute atomic E-state index is 0.00471. The van der Waals surface area contributed by atoms with Crippen molar-refractivity contribution >= 4 is 16.8 Å². The first kappa shape index (κ1) is 17.6. The van der Waals surface area contributed by atoms with Crippen LogP contribution in [0, 0.1) is 5.41 Å². The zero-order valence-electron chi connectivity index (χ0n) is 14.4. The molecule has 1 aromatic heterocycles. The SMILES string of the molecule is O=C(Cn1cnc2ccccc2c1=O)NCC1(CCO)CCCCC1. The third-order valence-electron chi connectivity index (χ3n) is 5.26. The Hall–Kier alpha value is -2.21. The lowest BCUT2D eigenvalue weighted by atomic mass is 9.72. The summed E-state index contributed by atoms with van der Waals surface area (Å²) in [5, 5.41) is 12.8. The van der Waals surface area contributed by atoms with Crippen molar-refractivity contribution in [1.82, 2.24) is 14.9 Å². The number of para-hydroxylation sites is 1. The predicted octanol–water partition coefficient (Wildman–Crippen LogP) is 1.85. The highest BCUT2D eigenvalue weighted by Gasteiger charge is 2.31. The number of aliphatic hydroxyl groups excluding tert-OH is 1. The quantitative estimate of drug-likeness (QED) is 0.838. The van der Waals surface area contributed by atoms with Crippen LogP contribution in [0.1, 0.15) is 38.5 Å². The molecule has 2 aromatic rings. The van der Waals surface area contributed by atoms with Gasteiger partial charge in [-0.3, -0.25) is 14.2 Å². The summed E-state index contributed by atoms with van der Waals surface area (Å²) in [6.07, 6.45) is 7.71. The third kappa shape index (κ3) is 4.07. The Labute approximate surface area is 146 Å². The molecule has 2 N–H and O–H groups in total. The molecule has 1 aromatic carbocycles. The second kappa shape index (κ2) is 7.78. The number of carbonyl (C=O) groups is 1. The van der Waals surface area contributed by atoms with Crippen LogP contribution in [0.3, 0.4) is 0 Å². The van der Waals surface area contributed by atoms with Gasteiger partial charge in [0.2, 0.25) is 5.91 Å². The van der Waals surface area contributed by atoms with Crippen molar-refractivity contribution in [2.45, 2.75) is 45.1 Å². The van der Waals surface area contributed by atoms with Gasteiger partial charge in [-0.05, 0) is 36.8 Å². The van der Waals surface area contributed by atoms with Crippen molar-refractivity contribution in [3.63, 3.8) is 0 Å². The number of fused-ring (bicyclic) bond motifs is 1. The van der Waals surface area contributed by atoms with Gasteiger partial charge in [0.25, 0.3) is 5.56 Å². The second-order valence-corrected chi connectivity index (χ2v) is 7.01. The van der Waals surface area contributed by atoms with Crippen molar-refractivity contribution in [2.24, 2.45) is 5.41 Å². The van der Waals surface area contributed by atoms with E-state index in [1.807, 2.05) is 6.07 Å². The summed E-state index contributed by atoms with van der Waals surface area (Å²) < 4.78 is 1.34. The molecule has 0 saturated heterocycles. The molecule has 0 bridgehead atoms. The molecule has 25 heavy (non-hydrogen) atoms. The van der Waals surface area contributed by atoms with Crippen molar-refractivity contribution in [2.75, 3.05) is 13.2 Å². The molecule has 6 nitrogen and oxygen atoms in total. The largest absolute Gasteiger partial charge is 0.396 e. The van der Waals surface area contributed by atoms with Gasteiger partial charge in [0, 0.05) is 13.2 Å². The Balaban J connectivity index is 1.66. The molecule has 0 spiro atoms. The summed E-state index contributed by atoms with van der Waals surface area (Å²) in [6, 6.07) is 7.12. The summed E-state index contributed by atoms with van der Waals surface area (Å²) in [7, 11) is 0. The van der Waals surface area contributed by atoms with Gasteiger partial charge in [-0.15, -0.1) is 0 Å². The Kier molecular flexibility index (Phi) is 5.48. The first-order valence-corrected chi connectivity index (χ1v) is 8.95. The van der Waals surface area contributed by atoms with Crippen LogP contribution in [-0.2, 0) is 11.3 Å². The summed E-state index contributed by atoms with van der Waals surface area (Å²) in [5.41, 5.74) is 0.423. The highest BCUT2D eigenvalue weighted by atomic mass is 16.3. The Morgan fingerprint density at radius 3 is 2.76 bits per heavy atom. The zero-order chi connectivity index (χ0) is 17.7. The Morgan fingerprint density at radius 2 is 2.00 bits per heavy atom. The first-order valence-electron chi connectivity index (χ1n) is 8.95. The smallest absolute Gasteiger partial charge is 0.261 e.